The standard InChI is InChI=1S/C18H26FN5O.HI/c1-12(2)17-14(11-24(5)22-17)10-23(4)18(20-3)21-9-13-6-7-16(25)15(19)8-13;/h6-8,11-12,25H,9-10H2,1-5H3,(H,20,21);1H. The number of benzene rings is 1. The van der Waals surface area contributed by atoms with Gasteiger partial charge in [0.25, 0.3) is 0 Å². The Bertz CT molecular complexity index is 760. The molecule has 2 N–H and O–H groups in total. The maximum absolute atomic E-state index is 13.4. The number of aromatic nitrogens is 2. The van der Waals surface area contributed by atoms with Crippen LogP contribution in [0, 0.1) is 5.82 Å². The van der Waals surface area contributed by atoms with Crippen LogP contribution in [-0.4, -0.2) is 39.8 Å². The van der Waals surface area contributed by atoms with Crippen molar-refractivity contribution in [1.29, 1.82) is 0 Å². The van der Waals surface area contributed by atoms with Crippen molar-refractivity contribution in [2.75, 3.05) is 14.1 Å². The van der Waals surface area contributed by atoms with Gasteiger partial charge in [-0.2, -0.15) is 5.10 Å². The summed E-state index contributed by atoms with van der Waals surface area (Å²) in [5, 5.41) is 17.0. The zero-order valence-corrected chi connectivity index (χ0v) is 18.2. The van der Waals surface area contributed by atoms with E-state index in [0.717, 1.165) is 16.8 Å². The Kier molecular flexibility index (Phi) is 8.32. The van der Waals surface area contributed by atoms with Crippen LogP contribution in [0.4, 0.5) is 4.39 Å². The molecule has 0 spiro atoms. The number of hydrogen-bond donors (Lipinski definition) is 2. The third kappa shape index (κ3) is 5.58. The second-order valence-electron chi connectivity index (χ2n) is 6.41. The molecule has 0 aliphatic carbocycles. The van der Waals surface area contributed by atoms with E-state index in [1.54, 1.807) is 13.1 Å². The van der Waals surface area contributed by atoms with Gasteiger partial charge in [0.1, 0.15) is 0 Å². The highest BCUT2D eigenvalue weighted by Crippen LogP contribution is 2.19. The van der Waals surface area contributed by atoms with Crippen LogP contribution in [0.25, 0.3) is 0 Å². The zero-order valence-electron chi connectivity index (χ0n) is 15.8. The van der Waals surface area contributed by atoms with Crippen molar-refractivity contribution in [1.82, 2.24) is 20.0 Å². The molecule has 1 aromatic heterocycles. The molecule has 0 atom stereocenters. The Morgan fingerprint density at radius 1 is 1.42 bits per heavy atom. The monoisotopic (exact) mass is 475 g/mol. The first kappa shape index (κ1) is 22.2. The summed E-state index contributed by atoms with van der Waals surface area (Å²) >= 11 is 0. The molecule has 26 heavy (non-hydrogen) atoms. The number of nitrogens with zero attached hydrogens (tertiary/aromatic N) is 4. The molecule has 144 valence electrons. The van der Waals surface area contributed by atoms with Crippen molar-refractivity contribution < 1.29 is 9.50 Å². The topological polar surface area (TPSA) is 65.7 Å². The first-order valence-corrected chi connectivity index (χ1v) is 8.23. The number of aromatic hydroxyl groups is 1. The minimum atomic E-state index is -0.625. The maximum atomic E-state index is 13.4. The fourth-order valence-corrected chi connectivity index (χ4v) is 2.72. The predicted octanol–water partition coefficient (Wildman–Crippen LogP) is 3.21. The van der Waals surface area contributed by atoms with Crippen molar-refractivity contribution in [2.45, 2.75) is 32.9 Å². The average Bonchev–Trinajstić information content (AvgIpc) is 2.92. The molecule has 2 aromatic rings. The van der Waals surface area contributed by atoms with Crippen LogP contribution in [0.1, 0.15) is 36.6 Å². The van der Waals surface area contributed by atoms with Gasteiger partial charge in [0.05, 0.1) is 5.69 Å². The van der Waals surface area contributed by atoms with E-state index in [1.807, 2.05) is 29.9 Å². The van der Waals surface area contributed by atoms with Gasteiger partial charge in [-0.15, -0.1) is 24.0 Å². The lowest BCUT2D eigenvalue weighted by Gasteiger charge is -2.22. The molecule has 0 unspecified atom stereocenters. The van der Waals surface area contributed by atoms with Crippen molar-refractivity contribution in [3.8, 4) is 5.75 Å². The first-order valence-electron chi connectivity index (χ1n) is 8.23. The molecule has 8 heteroatoms. The third-order valence-electron chi connectivity index (χ3n) is 3.93. The van der Waals surface area contributed by atoms with Crippen LogP contribution < -0.4 is 5.32 Å². The van der Waals surface area contributed by atoms with Gasteiger partial charge in [0, 0.05) is 46.0 Å². The fraction of sp³-hybridized carbons (Fsp3) is 0.444. The molecule has 0 aliphatic heterocycles. The molecule has 6 nitrogen and oxygen atoms in total. The van der Waals surface area contributed by atoms with Gasteiger partial charge in [-0.25, -0.2) is 4.39 Å². The van der Waals surface area contributed by atoms with Gasteiger partial charge < -0.3 is 15.3 Å². The summed E-state index contributed by atoms with van der Waals surface area (Å²) in [6.45, 7) is 5.33. The summed E-state index contributed by atoms with van der Waals surface area (Å²) in [5.74, 6) is 0.0780. The number of aryl methyl sites for hydroxylation is 1. The summed E-state index contributed by atoms with van der Waals surface area (Å²) in [4.78, 5) is 6.28. The van der Waals surface area contributed by atoms with Crippen LogP contribution in [0.5, 0.6) is 5.75 Å². The quantitative estimate of drug-likeness (QED) is 0.396. The highest BCUT2D eigenvalue weighted by atomic mass is 127. The Morgan fingerprint density at radius 3 is 2.69 bits per heavy atom. The molecule has 0 bridgehead atoms. The van der Waals surface area contributed by atoms with Crippen LogP contribution in [-0.2, 0) is 20.1 Å². The van der Waals surface area contributed by atoms with Crippen molar-refractivity contribution in [3.63, 3.8) is 0 Å². The van der Waals surface area contributed by atoms with Crippen LogP contribution in [0.3, 0.4) is 0 Å². The molecular formula is C18H27FIN5O. The van der Waals surface area contributed by atoms with Crippen LogP contribution in [0.2, 0.25) is 0 Å². The normalized spacial score (nSPS) is 11.4. The number of guanidine groups is 1. The molecule has 0 fully saturated rings. The molecule has 0 amide bonds. The van der Waals surface area contributed by atoms with E-state index < -0.39 is 5.82 Å². The molecule has 0 saturated heterocycles. The summed E-state index contributed by atoms with van der Waals surface area (Å²) in [7, 11) is 5.58. The molecule has 1 heterocycles. The van der Waals surface area contributed by atoms with Gasteiger partial charge in [-0.05, 0) is 23.6 Å². The Hall–Kier alpha value is -1.84. The van der Waals surface area contributed by atoms with E-state index >= 15 is 0 Å². The highest BCUT2D eigenvalue weighted by Gasteiger charge is 2.15. The zero-order chi connectivity index (χ0) is 18.6. The van der Waals surface area contributed by atoms with Gasteiger partial charge in [0.2, 0.25) is 0 Å². The molecule has 0 radical (unpaired) electrons. The Balaban J connectivity index is 0.00000338. The van der Waals surface area contributed by atoms with Crippen molar-refractivity contribution in [2.24, 2.45) is 12.0 Å². The summed E-state index contributed by atoms with van der Waals surface area (Å²) in [5.41, 5.74) is 2.96. The number of phenolic OH excluding ortho intramolecular Hbond substituents is 1. The lowest BCUT2D eigenvalue weighted by Crippen LogP contribution is -2.38. The SMILES string of the molecule is CN=C(NCc1ccc(O)c(F)c1)N(C)Cc1cn(C)nc1C(C)C.I. The summed E-state index contributed by atoms with van der Waals surface area (Å²) < 4.78 is 15.3. The lowest BCUT2D eigenvalue weighted by atomic mass is 10.1. The van der Waals surface area contributed by atoms with Crippen LogP contribution >= 0.6 is 24.0 Å². The Labute approximate surface area is 171 Å². The van der Waals surface area contributed by atoms with Crippen LogP contribution in [0.15, 0.2) is 29.4 Å². The maximum Gasteiger partial charge on any atom is 0.193 e. The number of aliphatic imine (C=N–C) groups is 1. The fourth-order valence-electron chi connectivity index (χ4n) is 2.72. The summed E-state index contributed by atoms with van der Waals surface area (Å²) in [6, 6.07) is 4.34. The van der Waals surface area contributed by atoms with Gasteiger partial charge in [0.15, 0.2) is 17.5 Å². The molecule has 1 aromatic carbocycles. The van der Waals surface area contributed by atoms with E-state index in [0.29, 0.717) is 25.0 Å². The number of nitrogens with one attached hydrogen (secondary N) is 1. The average molecular weight is 475 g/mol. The molecule has 2 rings (SSSR count). The minimum absolute atomic E-state index is 0. The smallest absolute Gasteiger partial charge is 0.193 e. The van der Waals surface area contributed by atoms with Crippen molar-refractivity contribution >= 4 is 29.9 Å². The van der Waals surface area contributed by atoms with Crippen molar-refractivity contribution in [3.05, 3.63) is 47.0 Å². The highest BCUT2D eigenvalue weighted by molar-refractivity contribution is 14.0. The number of hydrogen-bond acceptors (Lipinski definition) is 3. The van der Waals surface area contributed by atoms with Gasteiger partial charge in [-0.3, -0.25) is 9.67 Å². The van der Waals surface area contributed by atoms with E-state index in [9.17, 15) is 9.50 Å². The Morgan fingerprint density at radius 2 is 2.12 bits per heavy atom. The first-order chi connectivity index (χ1) is 11.8. The second-order valence-corrected chi connectivity index (χ2v) is 6.41. The van der Waals surface area contributed by atoms with Gasteiger partial charge >= 0.3 is 0 Å². The summed E-state index contributed by atoms with van der Waals surface area (Å²) in [6.07, 6.45) is 2.02. The second kappa shape index (κ2) is 9.75. The van der Waals surface area contributed by atoms with Gasteiger partial charge in [-0.1, -0.05) is 19.9 Å². The predicted molar refractivity (Wildman–Crippen MR) is 112 cm³/mol. The van der Waals surface area contributed by atoms with E-state index in [1.165, 1.54) is 12.1 Å². The van der Waals surface area contributed by atoms with E-state index in [-0.39, 0.29) is 29.7 Å². The molecular weight excluding hydrogens is 448 g/mol. The number of phenols is 1. The molecule has 0 saturated carbocycles. The van der Waals surface area contributed by atoms with E-state index in [4.69, 9.17) is 0 Å². The minimum Gasteiger partial charge on any atom is -0.505 e. The number of halogens is 2. The number of rotatable bonds is 5. The van der Waals surface area contributed by atoms with E-state index in [2.05, 4.69) is 29.3 Å². The third-order valence-corrected chi connectivity index (χ3v) is 3.93. The molecule has 0 aliphatic rings. The largest absolute Gasteiger partial charge is 0.505 e. The lowest BCUT2D eigenvalue weighted by molar-refractivity contribution is 0.431.